The van der Waals surface area contributed by atoms with Gasteiger partial charge in [0.2, 0.25) is 5.12 Å². The molecular weight excluding hydrogens is 362 g/mol. The third-order valence-corrected chi connectivity index (χ3v) is 4.72. The summed E-state index contributed by atoms with van der Waals surface area (Å²) in [6.07, 6.45) is 0. The zero-order valence-corrected chi connectivity index (χ0v) is 14.5. The van der Waals surface area contributed by atoms with Crippen molar-refractivity contribution >= 4 is 28.5 Å². The first kappa shape index (κ1) is 16.1. The molecule has 25 heavy (non-hydrogen) atoms. The second-order valence-electron chi connectivity index (χ2n) is 5.28. The number of ether oxygens (including phenoxy) is 2. The fourth-order valence-electron chi connectivity index (χ4n) is 2.37. The van der Waals surface area contributed by atoms with Gasteiger partial charge in [0.1, 0.15) is 13.2 Å². The van der Waals surface area contributed by atoms with Gasteiger partial charge in [0.05, 0.1) is 0 Å². The van der Waals surface area contributed by atoms with Gasteiger partial charge in [0.25, 0.3) is 0 Å². The van der Waals surface area contributed by atoms with Gasteiger partial charge in [-0.15, -0.1) is 0 Å². The van der Waals surface area contributed by atoms with Gasteiger partial charge < -0.3 is 14.0 Å². The third kappa shape index (κ3) is 3.50. The van der Waals surface area contributed by atoms with Crippen LogP contribution in [0.4, 0.5) is 0 Å². The number of carbonyl (C=O) groups is 1. The lowest BCUT2D eigenvalue weighted by atomic mass is 10.1. The Morgan fingerprint density at radius 2 is 1.76 bits per heavy atom. The lowest BCUT2D eigenvalue weighted by Crippen LogP contribution is -2.15. The number of halogens is 1. The number of rotatable bonds is 3. The normalized spacial score (nSPS) is 12.8. The van der Waals surface area contributed by atoms with Gasteiger partial charge in [-0.05, 0) is 54.2 Å². The summed E-state index contributed by atoms with van der Waals surface area (Å²) in [7, 11) is 0. The van der Waals surface area contributed by atoms with Crippen LogP contribution in [0.25, 0.3) is 11.3 Å². The number of nitrogens with zero attached hydrogens (tertiary/aromatic N) is 1. The van der Waals surface area contributed by atoms with Crippen LogP contribution in [-0.4, -0.2) is 23.5 Å². The van der Waals surface area contributed by atoms with Crippen LogP contribution in [-0.2, 0) is 0 Å². The number of aromatic nitrogens is 1. The predicted molar refractivity (Wildman–Crippen MR) is 94.6 cm³/mol. The minimum absolute atomic E-state index is 0.199. The molecule has 0 N–H and O–H groups in total. The summed E-state index contributed by atoms with van der Waals surface area (Å²) in [5, 5.41) is 4.30. The molecular formula is C18H12ClNO4S. The molecule has 4 rings (SSSR count). The Morgan fingerprint density at radius 3 is 2.56 bits per heavy atom. The predicted octanol–water partition coefficient (Wildman–Crippen LogP) is 4.70. The van der Waals surface area contributed by atoms with E-state index in [1.165, 1.54) is 0 Å². The molecule has 5 nitrogen and oxygen atoms in total. The van der Waals surface area contributed by atoms with Crippen molar-refractivity contribution in [3.63, 3.8) is 0 Å². The van der Waals surface area contributed by atoms with E-state index in [1.54, 1.807) is 30.3 Å². The quantitative estimate of drug-likeness (QED) is 0.620. The highest BCUT2D eigenvalue weighted by molar-refractivity contribution is 8.14. The van der Waals surface area contributed by atoms with E-state index in [2.05, 4.69) is 5.16 Å². The van der Waals surface area contributed by atoms with Crippen LogP contribution in [0.3, 0.4) is 0 Å². The van der Waals surface area contributed by atoms with E-state index in [1.807, 2.05) is 18.2 Å². The summed E-state index contributed by atoms with van der Waals surface area (Å²) in [6, 6.07) is 14.1. The molecule has 0 aliphatic carbocycles. The molecule has 2 heterocycles. The van der Waals surface area contributed by atoms with Crippen LogP contribution in [0.15, 0.2) is 57.9 Å². The van der Waals surface area contributed by atoms with Crippen LogP contribution < -0.4 is 9.47 Å². The Hall–Kier alpha value is -2.44. The summed E-state index contributed by atoms with van der Waals surface area (Å²) in [5.74, 6) is 1.85. The van der Waals surface area contributed by atoms with E-state index in [-0.39, 0.29) is 10.8 Å². The first-order valence-electron chi connectivity index (χ1n) is 7.53. The summed E-state index contributed by atoms with van der Waals surface area (Å²) in [4.78, 5) is 13.1. The maximum atomic E-state index is 12.3. The van der Waals surface area contributed by atoms with E-state index < -0.39 is 0 Å². The topological polar surface area (TPSA) is 61.6 Å². The smallest absolute Gasteiger partial charge is 0.246 e. The highest BCUT2D eigenvalue weighted by Gasteiger charge is 2.18. The molecule has 1 aliphatic rings. The number of carbonyl (C=O) groups excluding carboxylic acids is 1. The fourth-order valence-corrected chi connectivity index (χ4v) is 3.18. The van der Waals surface area contributed by atoms with Crippen LogP contribution in [0.2, 0.25) is 5.02 Å². The molecule has 7 heteroatoms. The van der Waals surface area contributed by atoms with Crippen molar-refractivity contribution in [1.82, 2.24) is 5.16 Å². The van der Waals surface area contributed by atoms with E-state index in [0.717, 1.165) is 22.2 Å². The van der Waals surface area contributed by atoms with Crippen molar-refractivity contribution in [2.75, 3.05) is 13.2 Å². The average Bonchev–Trinajstić information content (AvgIpc) is 3.13. The molecule has 0 unspecified atom stereocenters. The van der Waals surface area contributed by atoms with Gasteiger partial charge in [0.15, 0.2) is 23.0 Å². The molecule has 0 fully saturated rings. The third-order valence-electron chi connectivity index (χ3n) is 3.57. The van der Waals surface area contributed by atoms with Gasteiger partial charge >= 0.3 is 0 Å². The molecule has 0 bridgehead atoms. The molecule has 1 aliphatic heterocycles. The molecule has 1 aromatic heterocycles. The van der Waals surface area contributed by atoms with E-state index in [4.69, 9.17) is 25.6 Å². The molecule has 3 aromatic rings. The van der Waals surface area contributed by atoms with E-state index in [9.17, 15) is 4.79 Å². The number of thioether (sulfide) groups is 1. The van der Waals surface area contributed by atoms with Gasteiger partial charge in [-0.2, -0.15) is 0 Å². The number of hydrogen-bond donors (Lipinski definition) is 0. The van der Waals surface area contributed by atoms with Gasteiger partial charge in [0, 0.05) is 21.5 Å². The first-order valence-corrected chi connectivity index (χ1v) is 8.73. The number of fused-ring (bicyclic) bond motifs is 1. The first-order chi connectivity index (χ1) is 12.2. The zero-order chi connectivity index (χ0) is 17.2. The van der Waals surface area contributed by atoms with Gasteiger partial charge in [-0.3, -0.25) is 4.79 Å². The second kappa shape index (κ2) is 6.82. The van der Waals surface area contributed by atoms with Crippen LogP contribution in [0.5, 0.6) is 11.5 Å². The van der Waals surface area contributed by atoms with E-state index in [0.29, 0.717) is 35.5 Å². The van der Waals surface area contributed by atoms with Crippen molar-refractivity contribution in [1.29, 1.82) is 0 Å². The maximum Gasteiger partial charge on any atom is 0.246 e. The molecule has 0 radical (unpaired) electrons. The SMILES string of the molecule is O=C(Sc1ccc(Cl)cc1)c1cc(-c2ccc3c(c2)OCCO3)on1. The average molecular weight is 374 g/mol. The molecule has 0 saturated carbocycles. The minimum Gasteiger partial charge on any atom is -0.486 e. The molecule has 0 amide bonds. The number of hydrogen-bond acceptors (Lipinski definition) is 6. The minimum atomic E-state index is -0.199. The van der Waals surface area contributed by atoms with Crippen molar-refractivity contribution in [2.24, 2.45) is 0 Å². The van der Waals surface area contributed by atoms with Crippen molar-refractivity contribution in [3.05, 3.63) is 59.2 Å². The summed E-state index contributed by atoms with van der Waals surface area (Å²) in [5.41, 5.74) is 1.03. The molecule has 0 saturated heterocycles. The van der Waals surface area contributed by atoms with Gasteiger partial charge in [-0.1, -0.05) is 16.8 Å². The Bertz CT molecular complexity index is 923. The van der Waals surface area contributed by atoms with Gasteiger partial charge in [-0.25, -0.2) is 0 Å². The van der Waals surface area contributed by atoms with Crippen molar-refractivity contribution in [2.45, 2.75) is 4.90 Å². The monoisotopic (exact) mass is 373 g/mol. The Labute approximate surface area is 152 Å². The Kier molecular flexibility index (Phi) is 4.38. The lowest BCUT2D eigenvalue weighted by Gasteiger charge is -2.18. The van der Waals surface area contributed by atoms with Crippen LogP contribution >= 0.6 is 23.4 Å². The largest absolute Gasteiger partial charge is 0.486 e. The molecule has 0 atom stereocenters. The number of benzene rings is 2. The maximum absolute atomic E-state index is 12.3. The van der Waals surface area contributed by atoms with Crippen molar-refractivity contribution < 1.29 is 18.8 Å². The van der Waals surface area contributed by atoms with Crippen LogP contribution in [0, 0.1) is 0 Å². The second-order valence-corrected chi connectivity index (χ2v) is 6.76. The molecule has 0 spiro atoms. The Morgan fingerprint density at radius 1 is 1.00 bits per heavy atom. The van der Waals surface area contributed by atoms with Crippen molar-refractivity contribution in [3.8, 4) is 22.8 Å². The van der Waals surface area contributed by atoms with Crippen LogP contribution in [0.1, 0.15) is 10.5 Å². The highest BCUT2D eigenvalue weighted by Crippen LogP contribution is 2.35. The summed E-state index contributed by atoms with van der Waals surface area (Å²) >= 11 is 6.92. The van der Waals surface area contributed by atoms with E-state index >= 15 is 0 Å². The summed E-state index contributed by atoms with van der Waals surface area (Å²) < 4.78 is 16.4. The fraction of sp³-hybridized carbons (Fsp3) is 0.111. The highest BCUT2D eigenvalue weighted by atomic mass is 35.5. The molecule has 2 aromatic carbocycles. The Balaban J connectivity index is 1.53. The lowest BCUT2D eigenvalue weighted by molar-refractivity contribution is 0.108. The summed E-state index contributed by atoms with van der Waals surface area (Å²) in [6.45, 7) is 1.05. The standard InChI is InChI=1S/C18H12ClNO4S/c19-12-2-4-13(5-3-12)25-18(21)14-10-16(24-20-14)11-1-6-15-17(9-11)23-8-7-22-15/h1-6,9-10H,7-8H2. The molecule has 126 valence electrons. The zero-order valence-electron chi connectivity index (χ0n) is 12.9.